The molecule has 8 heteroatoms. The second-order valence-electron chi connectivity index (χ2n) is 6.29. The summed E-state index contributed by atoms with van der Waals surface area (Å²) >= 11 is 0. The molecule has 0 saturated heterocycles. The average Bonchev–Trinajstić information content (AvgIpc) is 2.79. The van der Waals surface area contributed by atoms with Crippen molar-refractivity contribution in [3.05, 3.63) is 77.9 Å². The molecule has 0 aliphatic carbocycles. The van der Waals surface area contributed by atoms with Gasteiger partial charge in [0.05, 0.1) is 18.1 Å². The van der Waals surface area contributed by atoms with Gasteiger partial charge in [0.1, 0.15) is 11.6 Å². The molecule has 0 bridgehead atoms. The number of carbonyl (C=O) groups excluding carboxylic acids is 1. The fraction of sp³-hybridized carbons (Fsp3) is 0.0435. The molecule has 2 aromatic carbocycles. The van der Waals surface area contributed by atoms with Crippen molar-refractivity contribution in [1.29, 1.82) is 0 Å². The molecule has 0 atom stereocenters. The van der Waals surface area contributed by atoms with Gasteiger partial charge in [-0.15, -0.1) is 6.42 Å². The minimum atomic E-state index is -0.601. The second-order valence-corrected chi connectivity index (χ2v) is 6.29. The third kappa shape index (κ3) is 4.26. The van der Waals surface area contributed by atoms with Crippen molar-refractivity contribution in [3.8, 4) is 29.7 Å². The molecule has 0 fully saturated rings. The normalized spacial score (nSPS) is 10.4. The number of methoxy groups -OCH3 is 1. The number of aromatic nitrogens is 3. The summed E-state index contributed by atoms with van der Waals surface area (Å²) in [6, 6.07) is 14.0. The summed E-state index contributed by atoms with van der Waals surface area (Å²) in [4.78, 5) is 25.9. The van der Waals surface area contributed by atoms with E-state index in [1.54, 1.807) is 36.4 Å². The van der Waals surface area contributed by atoms with Gasteiger partial charge in [-0.3, -0.25) is 4.79 Å². The van der Waals surface area contributed by atoms with E-state index < -0.39 is 11.7 Å². The number of fused-ring (bicyclic) bond motifs is 1. The van der Waals surface area contributed by atoms with Gasteiger partial charge in [0.15, 0.2) is 17.2 Å². The van der Waals surface area contributed by atoms with Crippen molar-refractivity contribution in [2.45, 2.75) is 0 Å². The van der Waals surface area contributed by atoms with Crippen LogP contribution in [0.3, 0.4) is 0 Å². The minimum Gasteiger partial charge on any atom is -0.493 e. The number of nitrogens with zero attached hydrogens (tertiary/aromatic N) is 3. The summed E-state index contributed by atoms with van der Waals surface area (Å²) in [5.41, 5.74) is 1.49. The van der Waals surface area contributed by atoms with E-state index in [9.17, 15) is 9.18 Å². The summed E-state index contributed by atoms with van der Waals surface area (Å²) < 4.78 is 24.5. The van der Waals surface area contributed by atoms with Crippen molar-refractivity contribution in [1.82, 2.24) is 15.0 Å². The highest BCUT2D eigenvalue weighted by Crippen LogP contribution is 2.33. The van der Waals surface area contributed by atoms with Crippen LogP contribution in [-0.4, -0.2) is 28.0 Å². The van der Waals surface area contributed by atoms with E-state index in [0.717, 1.165) is 0 Å². The molecule has 0 radical (unpaired) electrons. The lowest BCUT2D eigenvalue weighted by Gasteiger charge is -2.13. The topological polar surface area (TPSA) is 86.2 Å². The molecule has 2 aromatic heterocycles. The van der Waals surface area contributed by atoms with Crippen LogP contribution in [0.4, 0.5) is 10.2 Å². The number of para-hydroxylation sites is 2. The smallest absolute Gasteiger partial charge is 0.281 e. The van der Waals surface area contributed by atoms with E-state index in [-0.39, 0.29) is 28.9 Å². The van der Waals surface area contributed by atoms with Crippen molar-refractivity contribution in [2.75, 3.05) is 12.4 Å². The number of halogens is 1. The van der Waals surface area contributed by atoms with E-state index in [4.69, 9.17) is 15.9 Å². The molecular formula is C23H15FN4O3. The Morgan fingerprint density at radius 1 is 1.06 bits per heavy atom. The Hall–Kier alpha value is -4.51. The maximum Gasteiger partial charge on any atom is 0.281 e. The number of terminal acetylenes is 1. The van der Waals surface area contributed by atoms with Crippen LogP contribution in [0, 0.1) is 18.2 Å². The van der Waals surface area contributed by atoms with Gasteiger partial charge in [-0.2, -0.15) is 0 Å². The zero-order valence-corrected chi connectivity index (χ0v) is 16.3. The Morgan fingerprint density at radius 2 is 1.84 bits per heavy atom. The van der Waals surface area contributed by atoms with Crippen LogP contribution in [0.5, 0.6) is 17.4 Å². The standard InChI is InChI=1S/C23H15FN4O3/c1-3-14-10-11-25-20(12-14)28-22(29)21-23(27-17-7-5-4-6-16(17)26-21)31-18-9-8-15(24)13-19(18)30-2/h1,4-13H,2H3,(H,25,28,29). The summed E-state index contributed by atoms with van der Waals surface area (Å²) in [6.45, 7) is 0. The third-order valence-corrected chi connectivity index (χ3v) is 4.25. The Kier molecular flexibility index (Phi) is 5.41. The van der Waals surface area contributed by atoms with Gasteiger partial charge in [0, 0.05) is 17.8 Å². The van der Waals surface area contributed by atoms with Crippen LogP contribution in [0.25, 0.3) is 11.0 Å². The number of hydrogen-bond donors (Lipinski definition) is 1. The fourth-order valence-electron chi connectivity index (χ4n) is 2.80. The molecule has 0 saturated carbocycles. The summed E-state index contributed by atoms with van der Waals surface area (Å²) in [5.74, 6) is 1.88. The minimum absolute atomic E-state index is 0.0748. The first-order valence-corrected chi connectivity index (χ1v) is 9.09. The van der Waals surface area contributed by atoms with E-state index in [1.807, 2.05) is 0 Å². The zero-order valence-electron chi connectivity index (χ0n) is 16.3. The van der Waals surface area contributed by atoms with Crippen molar-refractivity contribution in [2.24, 2.45) is 0 Å². The first kappa shape index (κ1) is 19.8. The largest absolute Gasteiger partial charge is 0.493 e. The van der Waals surface area contributed by atoms with E-state index in [0.29, 0.717) is 16.6 Å². The van der Waals surface area contributed by atoms with Crippen LogP contribution in [0.15, 0.2) is 60.8 Å². The molecule has 2 heterocycles. The number of ether oxygens (including phenoxy) is 2. The molecule has 1 N–H and O–H groups in total. The summed E-state index contributed by atoms with van der Waals surface area (Å²) in [6.07, 6.45) is 6.88. The van der Waals surface area contributed by atoms with Crippen molar-refractivity contribution < 1.29 is 18.7 Å². The number of carbonyl (C=O) groups is 1. The molecule has 4 aromatic rings. The van der Waals surface area contributed by atoms with E-state index in [2.05, 4.69) is 26.2 Å². The lowest BCUT2D eigenvalue weighted by molar-refractivity contribution is 0.101. The SMILES string of the molecule is C#Cc1ccnc(NC(=O)c2nc3ccccc3nc2Oc2ccc(F)cc2OC)c1. The van der Waals surface area contributed by atoms with Gasteiger partial charge in [-0.25, -0.2) is 19.3 Å². The number of benzene rings is 2. The highest BCUT2D eigenvalue weighted by Gasteiger charge is 2.21. The van der Waals surface area contributed by atoms with Crippen LogP contribution < -0.4 is 14.8 Å². The third-order valence-electron chi connectivity index (χ3n) is 4.25. The first-order chi connectivity index (χ1) is 15.1. The Labute approximate surface area is 176 Å². The maximum atomic E-state index is 13.5. The molecule has 4 rings (SSSR count). The van der Waals surface area contributed by atoms with Gasteiger partial charge in [-0.05, 0) is 36.4 Å². The molecule has 152 valence electrons. The molecule has 0 aliphatic rings. The lowest BCUT2D eigenvalue weighted by Crippen LogP contribution is -2.17. The molecule has 0 aliphatic heterocycles. The van der Waals surface area contributed by atoms with Gasteiger partial charge in [0.25, 0.3) is 11.8 Å². The molecular weight excluding hydrogens is 399 g/mol. The molecule has 31 heavy (non-hydrogen) atoms. The van der Waals surface area contributed by atoms with Crippen molar-refractivity contribution >= 4 is 22.8 Å². The van der Waals surface area contributed by atoms with Gasteiger partial charge >= 0.3 is 0 Å². The van der Waals surface area contributed by atoms with Crippen LogP contribution in [0.1, 0.15) is 16.1 Å². The Morgan fingerprint density at radius 3 is 2.58 bits per heavy atom. The number of hydrogen-bond acceptors (Lipinski definition) is 6. The molecule has 0 spiro atoms. The van der Waals surface area contributed by atoms with Crippen LogP contribution in [0.2, 0.25) is 0 Å². The van der Waals surface area contributed by atoms with Crippen molar-refractivity contribution in [3.63, 3.8) is 0 Å². The summed E-state index contributed by atoms with van der Waals surface area (Å²) in [5, 5.41) is 2.64. The quantitative estimate of drug-likeness (QED) is 0.493. The van der Waals surface area contributed by atoms with E-state index >= 15 is 0 Å². The number of nitrogens with one attached hydrogen (secondary N) is 1. The molecule has 1 amide bonds. The number of rotatable bonds is 5. The highest BCUT2D eigenvalue weighted by atomic mass is 19.1. The number of amides is 1. The molecule has 0 unspecified atom stereocenters. The Bertz CT molecular complexity index is 1330. The summed E-state index contributed by atoms with van der Waals surface area (Å²) in [7, 11) is 1.38. The monoisotopic (exact) mass is 414 g/mol. The van der Waals surface area contributed by atoms with Gasteiger partial charge < -0.3 is 14.8 Å². The second kappa shape index (κ2) is 8.47. The van der Waals surface area contributed by atoms with Crippen LogP contribution >= 0.6 is 0 Å². The number of pyridine rings is 1. The zero-order chi connectivity index (χ0) is 21.8. The molecule has 7 nitrogen and oxygen atoms in total. The first-order valence-electron chi connectivity index (χ1n) is 9.09. The van der Waals surface area contributed by atoms with E-state index in [1.165, 1.54) is 31.5 Å². The van der Waals surface area contributed by atoms with Gasteiger partial charge in [0.2, 0.25) is 0 Å². The maximum absolute atomic E-state index is 13.5. The predicted molar refractivity (Wildman–Crippen MR) is 113 cm³/mol. The Balaban J connectivity index is 1.76. The highest BCUT2D eigenvalue weighted by molar-refractivity contribution is 6.05. The average molecular weight is 414 g/mol. The predicted octanol–water partition coefficient (Wildman–Crippen LogP) is 4.20. The number of anilines is 1. The lowest BCUT2D eigenvalue weighted by atomic mass is 10.2. The fourth-order valence-corrected chi connectivity index (χ4v) is 2.80. The van der Waals surface area contributed by atoms with Crippen LogP contribution in [-0.2, 0) is 0 Å². The van der Waals surface area contributed by atoms with Gasteiger partial charge in [-0.1, -0.05) is 18.1 Å².